The summed E-state index contributed by atoms with van der Waals surface area (Å²) in [6.07, 6.45) is 5.63. The summed E-state index contributed by atoms with van der Waals surface area (Å²) in [5.41, 5.74) is 2.58. The topological polar surface area (TPSA) is 59.8 Å². The van der Waals surface area contributed by atoms with E-state index in [1.807, 2.05) is 47.3 Å². The molecule has 3 aromatic rings. The summed E-state index contributed by atoms with van der Waals surface area (Å²) in [7, 11) is 0. The zero-order valence-electron chi connectivity index (χ0n) is 11.5. The van der Waals surface area contributed by atoms with E-state index in [1.165, 1.54) is 0 Å². The number of anilines is 1. The maximum absolute atomic E-state index is 11.9. The average molecular weight is 298 g/mol. The second kappa shape index (κ2) is 5.88. The Morgan fingerprint density at radius 2 is 2.14 bits per heavy atom. The van der Waals surface area contributed by atoms with Crippen molar-refractivity contribution in [2.45, 2.75) is 13.3 Å². The highest BCUT2D eigenvalue weighted by Crippen LogP contribution is 2.14. The van der Waals surface area contributed by atoms with Crippen LogP contribution in [-0.4, -0.2) is 20.4 Å². The zero-order chi connectivity index (χ0) is 14.7. The monoisotopic (exact) mass is 298 g/mol. The molecule has 0 bridgehead atoms. The first-order valence-electron chi connectivity index (χ1n) is 6.50. The van der Waals surface area contributed by atoms with E-state index in [9.17, 15) is 4.79 Å². The lowest BCUT2D eigenvalue weighted by atomic mass is 10.2. The minimum atomic E-state index is -0.0596. The van der Waals surface area contributed by atoms with E-state index in [2.05, 4.69) is 15.3 Å². The van der Waals surface area contributed by atoms with Crippen molar-refractivity contribution in [1.82, 2.24) is 14.5 Å². The highest BCUT2D eigenvalue weighted by atomic mass is 32.1. The number of nitrogens with zero attached hydrogens (tertiary/aromatic N) is 3. The van der Waals surface area contributed by atoms with E-state index in [4.69, 9.17) is 0 Å². The van der Waals surface area contributed by atoms with Gasteiger partial charge in [-0.15, -0.1) is 11.3 Å². The van der Waals surface area contributed by atoms with Crippen LogP contribution in [0.1, 0.15) is 10.7 Å². The number of aromatic nitrogens is 3. The molecule has 0 radical (unpaired) electrons. The minimum Gasteiger partial charge on any atom is -0.326 e. The highest BCUT2D eigenvalue weighted by Gasteiger charge is 2.07. The van der Waals surface area contributed by atoms with E-state index in [0.717, 1.165) is 22.1 Å². The van der Waals surface area contributed by atoms with Crippen molar-refractivity contribution in [3.8, 4) is 5.69 Å². The third kappa shape index (κ3) is 3.35. The molecule has 1 N–H and O–H groups in total. The fourth-order valence-corrected chi connectivity index (χ4v) is 2.60. The summed E-state index contributed by atoms with van der Waals surface area (Å²) in [5.74, 6) is -0.0596. The zero-order valence-corrected chi connectivity index (χ0v) is 12.3. The first-order valence-corrected chi connectivity index (χ1v) is 7.38. The van der Waals surface area contributed by atoms with Crippen molar-refractivity contribution < 1.29 is 4.79 Å². The second-order valence-electron chi connectivity index (χ2n) is 4.60. The minimum absolute atomic E-state index is 0.0596. The number of carbonyl (C=O) groups is 1. The summed E-state index contributed by atoms with van der Waals surface area (Å²) in [6, 6.07) is 7.62. The van der Waals surface area contributed by atoms with Crippen molar-refractivity contribution >= 4 is 22.9 Å². The van der Waals surface area contributed by atoms with Crippen molar-refractivity contribution in [1.29, 1.82) is 0 Å². The molecule has 0 aliphatic carbocycles. The summed E-state index contributed by atoms with van der Waals surface area (Å²) < 4.78 is 1.91. The quantitative estimate of drug-likeness (QED) is 0.805. The summed E-state index contributed by atoms with van der Waals surface area (Å²) >= 11 is 1.55. The van der Waals surface area contributed by atoms with Gasteiger partial charge in [-0.05, 0) is 31.2 Å². The Morgan fingerprint density at radius 3 is 2.76 bits per heavy atom. The number of hydrogen-bond donors (Lipinski definition) is 1. The van der Waals surface area contributed by atoms with Crippen LogP contribution in [0.5, 0.6) is 0 Å². The van der Waals surface area contributed by atoms with E-state index >= 15 is 0 Å². The number of carbonyl (C=O) groups excluding carboxylic acids is 1. The van der Waals surface area contributed by atoms with Gasteiger partial charge in [0.05, 0.1) is 23.4 Å². The first-order chi connectivity index (χ1) is 10.2. The number of aryl methyl sites for hydroxylation is 1. The van der Waals surface area contributed by atoms with Crippen LogP contribution in [0, 0.1) is 6.92 Å². The lowest BCUT2D eigenvalue weighted by Gasteiger charge is -2.06. The molecular formula is C15H14N4OS. The maximum atomic E-state index is 11.9. The smallest absolute Gasteiger partial charge is 0.230 e. The van der Waals surface area contributed by atoms with Gasteiger partial charge in [-0.2, -0.15) is 0 Å². The number of imidazole rings is 1. The Hall–Kier alpha value is -2.47. The molecule has 6 heteroatoms. The molecule has 5 nitrogen and oxygen atoms in total. The van der Waals surface area contributed by atoms with Crippen molar-refractivity contribution in [2.75, 3.05) is 5.32 Å². The van der Waals surface area contributed by atoms with Crippen LogP contribution in [0.4, 0.5) is 5.69 Å². The van der Waals surface area contributed by atoms with Gasteiger partial charge in [0.1, 0.15) is 0 Å². The molecule has 1 amide bonds. The third-order valence-electron chi connectivity index (χ3n) is 2.96. The van der Waals surface area contributed by atoms with Crippen LogP contribution in [-0.2, 0) is 11.2 Å². The van der Waals surface area contributed by atoms with Crippen LogP contribution in [0.15, 0.2) is 48.4 Å². The molecular weight excluding hydrogens is 284 g/mol. The second-order valence-corrected chi connectivity index (χ2v) is 5.66. The summed E-state index contributed by atoms with van der Waals surface area (Å²) in [5, 5.41) is 5.76. The third-order valence-corrected chi connectivity index (χ3v) is 3.78. The Kier molecular flexibility index (Phi) is 3.79. The Labute approximate surface area is 126 Å². The SMILES string of the molecule is Cc1nc(CC(=O)Nc2ccc(-n3ccnc3)cc2)cs1. The Morgan fingerprint density at radius 1 is 1.33 bits per heavy atom. The van der Waals surface area contributed by atoms with Gasteiger partial charge in [0.15, 0.2) is 0 Å². The largest absolute Gasteiger partial charge is 0.326 e. The van der Waals surface area contributed by atoms with Gasteiger partial charge in [0.25, 0.3) is 0 Å². The Bertz CT molecular complexity index is 731. The Balaban J connectivity index is 1.63. The van der Waals surface area contributed by atoms with E-state index in [-0.39, 0.29) is 5.91 Å². The molecule has 0 unspecified atom stereocenters. The van der Waals surface area contributed by atoms with Crippen molar-refractivity contribution in [3.05, 3.63) is 59.1 Å². The number of benzene rings is 1. The first kappa shape index (κ1) is 13.5. The molecule has 106 valence electrons. The lowest BCUT2D eigenvalue weighted by Crippen LogP contribution is -2.14. The predicted octanol–water partition coefficient (Wildman–Crippen LogP) is 2.82. The fourth-order valence-electron chi connectivity index (χ4n) is 1.99. The maximum Gasteiger partial charge on any atom is 0.230 e. The average Bonchev–Trinajstić information content (AvgIpc) is 3.11. The van der Waals surface area contributed by atoms with E-state index in [1.54, 1.807) is 23.9 Å². The van der Waals surface area contributed by atoms with Gasteiger partial charge in [0.2, 0.25) is 5.91 Å². The van der Waals surface area contributed by atoms with Crippen LogP contribution in [0.2, 0.25) is 0 Å². The number of amides is 1. The summed E-state index contributed by atoms with van der Waals surface area (Å²) in [6.45, 7) is 1.93. The van der Waals surface area contributed by atoms with Gasteiger partial charge in [0, 0.05) is 29.1 Å². The molecule has 21 heavy (non-hydrogen) atoms. The van der Waals surface area contributed by atoms with Gasteiger partial charge in [-0.1, -0.05) is 0 Å². The standard InChI is InChI=1S/C15H14N4OS/c1-11-17-13(9-21-11)8-15(20)18-12-2-4-14(5-3-12)19-7-6-16-10-19/h2-7,9-10H,8H2,1H3,(H,18,20). The van der Waals surface area contributed by atoms with Gasteiger partial charge in [-0.3, -0.25) is 4.79 Å². The molecule has 0 atom stereocenters. The normalized spacial score (nSPS) is 10.5. The van der Waals surface area contributed by atoms with Crippen LogP contribution in [0.3, 0.4) is 0 Å². The number of hydrogen-bond acceptors (Lipinski definition) is 4. The molecule has 0 saturated heterocycles. The van der Waals surface area contributed by atoms with Crippen LogP contribution < -0.4 is 5.32 Å². The molecule has 3 rings (SSSR count). The molecule has 0 aliphatic rings. The lowest BCUT2D eigenvalue weighted by molar-refractivity contribution is -0.115. The molecule has 0 saturated carbocycles. The molecule has 0 aliphatic heterocycles. The van der Waals surface area contributed by atoms with E-state index < -0.39 is 0 Å². The molecule has 2 aromatic heterocycles. The number of thiazole rings is 1. The van der Waals surface area contributed by atoms with E-state index in [0.29, 0.717) is 6.42 Å². The fraction of sp³-hybridized carbons (Fsp3) is 0.133. The van der Waals surface area contributed by atoms with Crippen molar-refractivity contribution in [2.24, 2.45) is 0 Å². The molecule has 2 heterocycles. The highest BCUT2D eigenvalue weighted by molar-refractivity contribution is 7.09. The molecule has 1 aromatic carbocycles. The van der Waals surface area contributed by atoms with Crippen LogP contribution in [0.25, 0.3) is 5.69 Å². The van der Waals surface area contributed by atoms with Crippen LogP contribution >= 0.6 is 11.3 Å². The molecule has 0 fully saturated rings. The summed E-state index contributed by atoms with van der Waals surface area (Å²) in [4.78, 5) is 20.2. The van der Waals surface area contributed by atoms with Gasteiger partial charge >= 0.3 is 0 Å². The van der Waals surface area contributed by atoms with Gasteiger partial charge in [-0.25, -0.2) is 9.97 Å². The predicted molar refractivity (Wildman–Crippen MR) is 82.7 cm³/mol. The van der Waals surface area contributed by atoms with Gasteiger partial charge < -0.3 is 9.88 Å². The van der Waals surface area contributed by atoms with Crippen molar-refractivity contribution in [3.63, 3.8) is 0 Å². The number of rotatable bonds is 4. The molecule has 0 spiro atoms. The number of nitrogens with one attached hydrogen (secondary N) is 1.